The summed E-state index contributed by atoms with van der Waals surface area (Å²) >= 11 is 0. The molecule has 264 valence electrons. The lowest BCUT2D eigenvalue weighted by atomic mass is 9.90. The van der Waals surface area contributed by atoms with Gasteiger partial charge < -0.3 is 29.3 Å². The van der Waals surface area contributed by atoms with Crippen LogP contribution in [0.4, 0.5) is 5.69 Å². The number of likely N-dealkylation sites (N-methyl/N-ethyl adjacent to an activating group) is 1. The summed E-state index contributed by atoms with van der Waals surface area (Å²) in [7, 11) is 4.60. The van der Waals surface area contributed by atoms with Crippen LogP contribution in [0, 0.1) is 0 Å². The highest BCUT2D eigenvalue weighted by molar-refractivity contribution is 6.12. The number of hydrogen-bond donors (Lipinski definition) is 1. The van der Waals surface area contributed by atoms with Crippen molar-refractivity contribution in [2.24, 2.45) is 0 Å². The highest BCUT2D eigenvalue weighted by Gasteiger charge is 2.55. The molecule has 0 bridgehead atoms. The average molecular weight is 692 g/mol. The van der Waals surface area contributed by atoms with Crippen LogP contribution < -0.4 is 10.1 Å². The Labute approximate surface area is 297 Å². The van der Waals surface area contributed by atoms with E-state index < -0.39 is 41.8 Å². The molecule has 51 heavy (non-hydrogen) atoms. The van der Waals surface area contributed by atoms with Gasteiger partial charge >= 0.3 is 11.9 Å². The second-order valence-electron chi connectivity index (χ2n) is 12.6. The lowest BCUT2D eigenvalue weighted by molar-refractivity contribution is -0.163. The maximum absolute atomic E-state index is 13.8. The molecule has 11 nitrogen and oxygen atoms in total. The van der Waals surface area contributed by atoms with Crippen LogP contribution in [-0.2, 0) is 31.0 Å². The van der Waals surface area contributed by atoms with Crippen LogP contribution in [0.25, 0.3) is 11.1 Å². The second-order valence-corrected chi connectivity index (χ2v) is 12.6. The predicted octanol–water partition coefficient (Wildman–Crippen LogP) is 5.72. The summed E-state index contributed by atoms with van der Waals surface area (Å²) in [5.41, 5.74) is 1.47. The van der Waals surface area contributed by atoms with Gasteiger partial charge in [0.2, 0.25) is 5.54 Å². The van der Waals surface area contributed by atoms with Gasteiger partial charge in [-0.15, -0.1) is 0 Å². The largest absolute Gasteiger partial charge is 0.491 e. The van der Waals surface area contributed by atoms with Crippen LogP contribution in [0.1, 0.15) is 63.0 Å². The molecule has 0 spiro atoms. The third-order valence-electron chi connectivity index (χ3n) is 8.60. The zero-order chi connectivity index (χ0) is 36.9. The first-order chi connectivity index (χ1) is 24.4. The number of carbonyl (C=O) groups is 5. The molecule has 0 aliphatic carbocycles. The number of ether oxygens (including phenoxy) is 3. The molecular formula is C40H41N3O8. The van der Waals surface area contributed by atoms with Crippen molar-refractivity contribution in [3.05, 3.63) is 119 Å². The molecule has 1 unspecified atom stereocenters. The van der Waals surface area contributed by atoms with E-state index >= 15 is 0 Å². The fourth-order valence-electron chi connectivity index (χ4n) is 6.12. The van der Waals surface area contributed by atoms with Gasteiger partial charge in [-0.2, -0.15) is 0 Å². The van der Waals surface area contributed by atoms with Crippen molar-refractivity contribution in [2.75, 3.05) is 39.7 Å². The molecule has 3 amide bonds. The molecule has 1 N–H and O–H groups in total. The van der Waals surface area contributed by atoms with Crippen molar-refractivity contribution >= 4 is 35.3 Å². The van der Waals surface area contributed by atoms with Gasteiger partial charge in [-0.3, -0.25) is 19.2 Å². The van der Waals surface area contributed by atoms with Gasteiger partial charge in [-0.25, -0.2) is 4.79 Å². The van der Waals surface area contributed by atoms with E-state index in [1.54, 1.807) is 75.6 Å². The topological polar surface area (TPSA) is 132 Å². The van der Waals surface area contributed by atoms with Gasteiger partial charge in [0.25, 0.3) is 17.7 Å². The molecule has 1 heterocycles. The van der Waals surface area contributed by atoms with Crippen LogP contribution >= 0.6 is 0 Å². The fraction of sp³-hybridized carbons (Fsp3) is 0.275. The van der Waals surface area contributed by atoms with Gasteiger partial charge in [0.05, 0.1) is 30.4 Å². The van der Waals surface area contributed by atoms with Crippen LogP contribution in [0.5, 0.6) is 5.75 Å². The number of benzene rings is 4. The number of hydrogen-bond acceptors (Lipinski definition) is 8. The van der Waals surface area contributed by atoms with Crippen molar-refractivity contribution in [1.82, 2.24) is 9.80 Å². The molecule has 0 radical (unpaired) electrons. The third-order valence-corrected chi connectivity index (χ3v) is 8.60. The molecule has 0 fully saturated rings. The van der Waals surface area contributed by atoms with Crippen molar-refractivity contribution in [3.63, 3.8) is 0 Å². The minimum absolute atomic E-state index is 0.0176. The van der Waals surface area contributed by atoms with Gasteiger partial charge in [0.1, 0.15) is 12.4 Å². The van der Waals surface area contributed by atoms with E-state index in [2.05, 4.69) is 5.32 Å². The minimum Gasteiger partial charge on any atom is -0.491 e. The van der Waals surface area contributed by atoms with E-state index in [4.69, 9.17) is 14.2 Å². The second kappa shape index (κ2) is 15.3. The normalized spacial score (nSPS) is 14.9. The van der Waals surface area contributed by atoms with Crippen LogP contribution in [0.15, 0.2) is 91.0 Å². The number of fused-ring (bicyclic) bond motifs is 1. The van der Waals surface area contributed by atoms with E-state index in [0.29, 0.717) is 33.6 Å². The summed E-state index contributed by atoms with van der Waals surface area (Å²) in [5, 5.41) is 2.89. The molecule has 1 aliphatic rings. The third kappa shape index (κ3) is 7.33. The van der Waals surface area contributed by atoms with E-state index in [-0.39, 0.29) is 30.4 Å². The zero-order valence-electron chi connectivity index (χ0n) is 29.5. The highest BCUT2D eigenvalue weighted by atomic mass is 16.6. The molecule has 1 aliphatic heterocycles. The first-order valence-electron chi connectivity index (χ1n) is 16.6. The summed E-state index contributed by atoms with van der Waals surface area (Å²) in [5.74, 6) is -2.08. The summed E-state index contributed by atoms with van der Waals surface area (Å²) in [6, 6.07) is 26.0. The van der Waals surface area contributed by atoms with Crippen LogP contribution in [-0.4, -0.2) is 79.9 Å². The number of nitrogens with zero attached hydrogens (tertiary/aromatic N) is 2. The Morgan fingerprint density at radius 1 is 0.843 bits per heavy atom. The number of nitrogens with one attached hydrogen (secondary N) is 1. The van der Waals surface area contributed by atoms with E-state index in [1.807, 2.05) is 50.2 Å². The zero-order valence-corrected chi connectivity index (χ0v) is 29.5. The molecule has 4 aromatic rings. The van der Waals surface area contributed by atoms with Crippen molar-refractivity contribution in [1.29, 1.82) is 0 Å². The number of anilines is 1. The molecule has 1 atom stereocenters. The van der Waals surface area contributed by atoms with Gasteiger partial charge in [-0.1, -0.05) is 60.7 Å². The molecule has 4 aromatic carbocycles. The first-order valence-corrected chi connectivity index (χ1v) is 16.6. The monoisotopic (exact) mass is 691 g/mol. The number of rotatable bonds is 12. The molecule has 11 heteroatoms. The predicted molar refractivity (Wildman–Crippen MR) is 192 cm³/mol. The fourth-order valence-corrected chi connectivity index (χ4v) is 6.12. The summed E-state index contributed by atoms with van der Waals surface area (Å²) in [6.45, 7) is 5.09. The quantitative estimate of drug-likeness (QED) is 0.187. The van der Waals surface area contributed by atoms with Gasteiger partial charge in [-0.05, 0) is 67.8 Å². The smallest absolute Gasteiger partial charge is 0.340 e. The SMILES string of the molecule is CCOC(=O)C1(COC(=O)Cc2cccc(NC(=O)c3ccccc3-c3ccc(OC(C)C)cc3)c2C(=O)N(C)C)c2ccccc2C(=O)N1C. The van der Waals surface area contributed by atoms with Gasteiger partial charge in [0.15, 0.2) is 0 Å². The maximum atomic E-state index is 13.8. The lowest BCUT2D eigenvalue weighted by Crippen LogP contribution is -2.52. The Morgan fingerprint density at radius 3 is 2.18 bits per heavy atom. The molecule has 0 saturated heterocycles. The summed E-state index contributed by atoms with van der Waals surface area (Å²) in [6.07, 6.45) is -0.345. The minimum atomic E-state index is -1.69. The van der Waals surface area contributed by atoms with Crippen LogP contribution in [0.3, 0.4) is 0 Å². The standard InChI is InChI=1S/C40H41N3O8/c1-7-49-39(48)40(32-17-11-10-16-31(32)37(46)43(40)6)24-50-34(44)23-27-13-12-18-33(35(27)38(47)42(4)5)41-36(45)30-15-9-8-14-29(30)26-19-21-28(22-20-26)51-25(2)3/h8-22,25H,7,23-24H2,1-6H3,(H,41,45). The summed E-state index contributed by atoms with van der Waals surface area (Å²) in [4.78, 5) is 70.0. The average Bonchev–Trinajstić information content (AvgIpc) is 3.33. The maximum Gasteiger partial charge on any atom is 0.340 e. The Morgan fingerprint density at radius 2 is 1.51 bits per heavy atom. The van der Waals surface area contributed by atoms with E-state index in [0.717, 1.165) is 5.56 Å². The molecule has 0 aromatic heterocycles. The first kappa shape index (κ1) is 36.3. The number of esters is 2. The Balaban J connectivity index is 1.41. The van der Waals surface area contributed by atoms with E-state index in [1.165, 1.54) is 16.8 Å². The van der Waals surface area contributed by atoms with Gasteiger partial charge in [0, 0.05) is 37.8 Å². The van der Waals surface area contributed by atoms with Crippen molar-refractivity contribution < 1.29 is 38.2 Å². The Hall–Kier alpha value is -5.97. The number of amides is 3. The van der Waals surface area contributed by atoms with E-state index in [9.17, 15) is 24.0 Å². The van der Waals surface area contributed by atoms with Crippen molar-refractivity contribution in [2.45, 2.75) is 38.8 Å². The molecule has 5 rings (SSSR count). The Bertz CT molecular complexity index is 1970. The number of carbonyl (C=O) groups excluding carboxylic acids is 5. The Kier molecular flexibility index (Phi) is 10.9. The summed E-state index contributed by atoms with van der Waals surface area (Å²) < 4.78 is 16.8. The highest BCUT2D eigenvalue weighted by Crippen LogP contribution is 2.40. The van der Waals surface area contributed by atoms with Crippen molar-refractivity contribution in [3.8, 4) is 16.9 Å². The van der Waals surface area contributed by atoms with Crippen LogP contribution in [0.2, 0.25) is 0 Å². The molecule has 0 saturated carbocycles. The lowest BCUT2D eigenvalue weighted by Gasteiger charge is -2.33. The molecular weight excluding hydrogens is 650 g/mol.